The molecule has 2 N–H and O–H groups in total. The van der Waals surface area contributed by atoms with E-state index in [1.54, 1.807) is 0 Å². The number of anilines is 1. The standard InChI is InChI=1S/C13H20N6/c1-10-9-11(14)17-19(10)8-6-13-16-15-12-5-3-2-4-7-18(12)13/h9H,2-8H2,1H3,(H2,14,17). The fourth-order valence-corrected chi connectivity index (χ4v) is 2.70. The molecule has 0 spiro atoms. The summed E-state index contributed by atoms with van der Waals surface area (Å²) in [5, 5.41) is 12.9. The van der Waals surface area contributed by atoms with Crippen molar-refractivity contribution in [1.29, 1.82) is 0 Å². The Labute approximate surface area is 112 Å². The number of fused-ring (bicyclic) bond motifs is 1. The SMILES string of the molecule is Cc1cc(N)nn1CCc1nnc2n1CCCCC2. The highest BCUT2D eigenvalue weighted by atomic mass is 15.3. The van der Waals surface area contributed by atoms with Crippen LogP contribution < -0.4 is 5.73 Å². The van der Waals surface area contributed by atoms with Gasteiger partial charge in [0.1, 0.15) is 17.5 Å². The molecule has 0 aromatic carbocycles. The van der Waals surface area contributed by atoms with Crippen molar-refractivity contribution in [3.05, 3.63) is 23.4 Å². The van der Waals surface area contributed by atoms with Gasteiger partial charge < -0.3 is 10.3 Å². The van der Waals surface area contributed by atoms with Crippen molar-refractivity contribution in [2.75, 3.05) is 5.73 Å². The van der Waals surface area contributed by atoms with Gasteiger partial charge in [-0.05, 0) is 19.8 Å². The Morgan fingerprint density at radius 2 is 2.16 bits per heavy atom. The molecule has 3 rings (SSSR count). The predicted molar refractivity (Wildman–Crippen MR) is 72.7 cm³/mol. The molecule has 0 bridgehead atoms. The van der Waals surface area contributed by atoms with Gasteiger partial charge in [-0.25, -0.2) is 0 Å². The molecule has 0 saturated heterocycles. The molecular formula is C13H20N6. The minimum Gasteiger partial charge on any atom is -0.382 e. The summed E-state index contributed by atoms with van der Waals surface area (Å²) in [5.74, 6) is 2.80. The minimum atomic E-state index is 0.581. The first kappa shape index (κ1) is 12.2. The van der Waals surface area contributed by atoms with Gasteiger partial charge in [-0.15, -0.1) is 10.2 Å². The van der Waals surface area contributed by atoms with Crippen molar-refractivity contribution in [2.24, 2.45) is 0 Å². The lowest BCUT2D eigenvalue weighted by Crippen LogP contribution is -2.11. The fraction of sp³-hybridized carbons (Fsp3) is 0.615. The van der Waals surface area contributed by atoms with Crippen molar-refractivity contribution in [1.82, 2.24) is 24.5 Å². The van der Waals surface area contributed by atoms with E-state index in [-0.39, 0.29) is 0 Å². The molecule has 0 amide bonds. The highest BCUT2D eigenvalue weighted by Crippen LogP contribution is 2.15. The lowest BCUT2D eigenvalue weighted by molar-refractivity contribution is 0.550. The zero-order valence-electron chi connectivity index (χ0n) is 11.3. The molecule has 0 fully saturated rings. The Balaban J connectivity index is 1.73. The number of hydrogen-bond acceptors (Lipinski definition) is 4. The van der Waals surface area contributed by atoms with Crippen LogP contribution in [0.1, 0.15) is 36.6 Å². The Hall–Kier alpha value is -1.85. The van der Waals surface area contributed by atoms with Crippen LogP contribution >= 0.6 is 0 Å². The number of nitrogen functional groups attached to an aromatic ring is 1. The summed E-state index contributed by atoms with van der Waals surface area (Å²) < 4.78 is 4.23. The van der Waals surface area contributed by atoms with Crippen LogP contribution in [-0.4, -0.2) is 24.5 Å². The van der Waals surface area contributed by atoms with Crippen LogP contribution in [0.5, 0.6) is 0 Å². The Bertz CT molecular complexity index is 568. The van der Waals surface area contributed by atoms with Crippen LogP contribution in [0.25, 0.3) is 0 Å². The number of nitrogens with two attached hydrogens (primary N) is 1. The molecule has 0 aliphatic carbocycles. The summed E-state index contributed by atoms with van der Waals surface area (Å²) in [7, 11) is 0. The molecule has 0 atom stereocenters. The zero-order valence-corrected chi connectivity index (χ0v) is 11.3. The monoisotopic (exact) mass is 260 g/mol. The van der Waals surface area contributed by atoms with Crippen molar-refractivity contribution in [3.8, 4) is 0 Å². The fourth-order valence-electron chi connectivity index (χ4n) is 2.70. The summed E-state index contributed by atoms with van der Waals surface area (Å²) in [5.41, 5.74) is 6.79. The molecule has 6 heteroatoms. The first-order valence-corrected chi connectivity index (χ1v) is 6.95. The van der Waals surface area contributed by atoms with E-state index in [9.17, 15) is 0 Å². The Morgan fingerprint density at radius 1 is 1.26 bits per heavy atom. The van der Waals surface area contributed by atoms with Gasteiger partial charge in [0.2, 0.25) is 0 Å². The van der Waals surface area contributed by atoms with Gasteiger partial charge in [0.05, 0.1) is 0 Å². The normalized spacial score (nSPS) is 15.2. The number of hydrogen-bond donors (Lipinski definition) is 1. The second kappa shape index (κ2) is 5.03. The lowest BCUT2D eigenvalue weighted by atomic mass is 10.2. The molecule has 0 radical (unpaired) electrons. The Kier molecular flexibility index (Phi) is 3.23. The Morgan fingerprint density at radius 3 is 2.95 bits per heavy atom. The van der Waals surface area contributed by atoms with Gasteiger partial charge in [-0.3, -0.25) is 4.68 Å². The topological polar surface area (TPSA) is 74.6 Å². The maximum atomic E-state index is 5.69. The molecule has 0 unspecified atom stereocenters. The van der Waals surface area contributed by atoms with Gasteiger partial charge in [0.15, 0.2) is 0 Å². The van der Waals surface area contributed by atoms with E-state index >= 15 is 0 Å². The van der Waals surface area contributed by atoms with E-state index in [1.165, 1.54) is 19.3 Å². The highest BCUT2D eigenvalue weighted by molar-refractivity contribution is 5.28. The number of aromatic nitrogens is 5. The van der Waals surface area contributed by atoms with Crippen LogP contribution in [0.2, 0.25) is 0 Å². The number of nitrogens with zero attached hydrogens (tertiary/aromatic N) is 5. The number of aryl methyl sites for hydroxylation is 4. The van der Waals surface area contributed by atoms with Gasteiger partial charge >= 0.3 is 0 Å². The molecule has 2 aromatic heterocycles. The minimum absolute atomic E-state index is 0.581. The van der Waals surface area contributed by atoms with Gasteiger partial charge in [-0.2, -0.15) is 5.10 Å². The van der Waals surface area contributed by atoms with E-state index in [1.807, 2.05) is 17.7 Å². The highest BCUT2D eigenvalue weighted by Gasteiger charge is 2.14. The molecular weight excluding hydrogens is 240 g/mol. The summed E-state index contributed by atoms with van der Waals surface area (Å²) in [4.78, 5) is 0. The molecule has 1 aliphatic rings. The number of rotatable bonds is 3. The van der Waals surface area contributed by atoms with E-state index < -0.39 is 0 Å². The second-order valence-electron chi connectivity index (χ2n) is 5.18. The first-order chi connectivity index (χ1) is 9.24. The summed E-state index contributed by atoms with van der Waals surface area (Å²) in [6.07, 6.45) is 5.66. The van der Waals surface area contributed by atoms with Gasteiger partial charge in [-0.1, -0.05) is 6.42 Å². The summed E-state index contributed by atoms with van der Waals surface area (Å²) in [6.45, 7) is 3.88. The van der Waals surface area contributed by atoms with Crippen LogP contribution in [0, 0.1) is 6.92 Å². The smallest absolute Gasteiger partial charge is 0.145 e. The second-order valence-corrected chi connectivity index (χ2v) is 5.18. The lowest BCUT2D eigenvalue weighted by Gasteiger charge is -2.07. The van der Waals surface area contributed by atoms with Crippen molar-refractivity contribution in [2.45, 2.75) is 52.1 Å². The van der Waals surface area contributed by atoms with E-state index in [0.717, 1.165) is 43.3 Å². The first-order valence-electron chi connectivity index (χ1n) is 6.95. The average molecular weight is 260 g/mol. The van der Waals surface area contributed by atoms with Crippen LogP contribution in [0.3, 0.4) is 0 Å². The summed E-state index contributed by atoms with van der Waals surface area (Å²) >= 11 is 0. The molecule has 0 saturated carbocycles. The van der Waals surface area contributed by atoms with Crippen LogP contribution in [0.4, 0.5) is 5.82 Å². The van der Waals surface area contributed by atoms with E-state index in [4.69, 9.17) is 5.73 Å². The van der Waals surface area contributed by atoms with E-state index in [0.29, 0.717) is 5.82 Å². The molecule has 19 heavy (non-hydrogen) atoms. The molecule has 3 heterocycles. The third kappa shape index (κ3) is 2.47. The summed E-state index contributed by atoms with van der Waals surface area (Å²) in [6, 6.07) is 1.89. The largest absolute Gasteiger partial charge is 0.382 e. The zero-order chi connectivity index (χ0) is 13.2. The van der Waals surface area contributed by atoms with Gasteiger partial charge in [0.25, 0.3) is 0 Å². The maximum Gasteiger partial charge on any atom is 0.145 e. The van der Waals surface area contributed by atoms with Crippen LogP contribution in [-0.2, 0) is 25.9 Å². The third-order valence-corrected chi connectivity index (χ3v) is 3.73. The third-order valence-electron chi connectivity index (χ3n) is 3.73. The molecule has 2 aromatic rings. The van der Waals surface area contributed by atoms with Crippen molar-refractivity contribution >= 4 is 5.82 Å². The predicted octanol–water partition coefficient (Wildman–Crippen LogP) is 1.33. The molecule has 6 nitrogen and oxygen atoms in total. The molecule has 1 aliphatic heterocycles. The van der Waals surface area contributed by atoms with Crippen molar-refractivity contribution < 1.29 is 0 Å². The maximum absolute atomic E-state index is 5.69. The van der Waals surface area contributed by atoms with Crippen LogP contribution in [0.15, 0.2) is 6.07 Å². The quantitative estimate of drug-likeness (QED) is 0.903. The van der Waals surface area contributed by atoms with E-state index in [2.05, 4.69) is 19.9 Å². The molecule has 102 valence electrons. The average Bonchev–Trinajstić information content (AvgIpc) is 2.81. The van der Waals surface area contributed by atoms with Crippen molar-refractivity contribution in [3.63, 3.8) is 0 Å². The van der Waals surface area contributed by atoms with Gasteiger partial charge in [0, 0.05) is 37.7 Å².